The number of nitrogens with one attached hydrogen (secondary N) is 1. The summed E-state index contributed by atoms with van der Waals surface area (Å²) in [6, 6.07) is 1.86. The summed E-state index contributed by atoms with van der Waals surface area (Å²) in [5, 5.41) is 7.55. The molecule has 0 spiro atoms. The van der Waals surface area contributed by atoms with Crippen molar-refractivity contribution in [2.45, 2.75) is 31.5 Å². The topological polar surface area (TPSA) is 76.9 Å². The van der Waals surface area contributed by atoms with Gasteiger partial charge in [0.05, 0.1) is 11.3 Å². The second-order valence-electron chi connectivity index (χ2n) is 5.14. The minimum absolute atomic E-state index is 0.0287. The molecular weight excluding hydrogens is 364 g/mol. The molecule has 1 amide bonds. The maximum absolute atomic E-state index is 12.7. The van der Waals surface area contributed by atoms with Crippen molar-refractivity contribution in [2.24, 2.45) is 0 Å². The molecule has 0 aromatic carbocycles. The SMILES string of the molecule is CCC(C)n1c(SCC(=O)Nc2nccs2)nc2ccsc2c1=O. The molecule has 1 unspecified atom stereocenters. The van der Waals surface area contributed by atoms with Gasteiger partial charge in [-0.05, 0) is 24.8 Å². The first-order chi connectivity index (χ1) is 11.6. The number of amides is 1. The molecule has 0 aliphatic heterocycles. The molecule has 3 rings (SSSR count). The first-order valence-corrected chi connectivity index (χ1v) is 10.2. The summed E-state index contributed by atoms with van der Waals surface area (Å²) in [4.78, 5) is 33.4. The number of thioether (sulfide) groups is 1. The molecule has 0 bridgehead atoms. The van der Waals surface area contributed by atoms with E-state index in [1.54, 1.807) is 16.1 Å². The number of thiophene rings is 1. The number of hydrogen-bond acceptors (Lipinski definition) is 7. The minimum atomic E-state index is -0.162. The molecule has 3 aromatic rings. The minimum Gasteiger partial charge on any atom is -0.301 e. The highest BCUT2D eigenvalue weighted by molar-refractivity contribution is 7.99. The second kappa shape index (κ2) is 7.45. The molecule has 24 heavy (non-hydrogen) atoms. The first-order valence-electron chi connectivity index (χ1n) is 7.42. The molecular formula is C15H16N4O2S3. The van der Waals surface area contributed by atoms with E-state index in [-0.39, 0.29) is 23.3 Å². The monoisotopic (exact) mass is 380 g/mol. The van der Waals surface area contributed by atoms with Crippen molar-refractivity contribution < 1.29 is 4.79 Å². The van der Waals surface area contributed by atoms with Crippen LogP contribution in [0.15, 0.2) is 33.0 Å². The third-order valence-electron chi connectivity index (χ3n) is 3.52. The van der Waals surface area contributed by atoms with Crippen molar-refractivity contribution >= 4 is 55.7 Å². The van der Waals surface area contributed by atoms with E-state index in [9.17, 15) is 9.59 Å². The van der Waals surface area contributed by atoms with E-state index in [0.717, 1.165) is 6.42 Å². The zero-order valence-corrected chi connectivity index (χ0v) is 15.6. The Balaban J connectivity index is 1.84. The molecule has 1 N–H and O–H groups in total. The van der Waals surface area contributed by atoms with Gasteiger partial charge in [-0.15, -0.1) is 22.7 Å². The number of thiazole rings is 1. The number of carbonyl (C=O) groups is 1. The van der Waals surface area contributed by atoms with Gasteiger partial charge >= 0.3 is 0 Å². The van der Waals surface area contributed by atoms with E-state index in [2.05, 4.69) is 15.3 Å². The van der Waals surface area contributed by atoms with Crippen LogP contribution < -0.4 is 10.9 Å². The predicted molar refractivity (Wildman–Crippen MR) is 100 cm³/mol. The molecule has 0 saturated heterocycles. The van der Waals surface area contributed by atoms with E-state index in [1.165, 1.54) is 34.4 Å². The summed E-state index contributed by atoms with van der Waals surface area (Å²) in [6.45, 7) is 4.02. The smallest absolute Gasteiger partial charge is 0.272 e. The van der Waals surface area contributed by atoms with Crippen LogP contribution in [0.2, 0.25) is 0 Å². The van der Waals surface area contributed by atoms with E-state index < -0.39 is 0 Å². The van der Waals surface area contributed by atoms with Crippen LogP contribution >= 0.6 is 34.4 Å². The Morgan fingerprint density at radius 3 is 2.96 bits per heavy atom. The van der Waals surface area contributed by atoms with E-state index in [0.29, 0.717) is 20.5 Å². The number of hydrogen-bond donors (Lipinski definition) is 1. The van der Waals surface area contributed by atoms with E-state index >= 15 is 0 Å². The standard InChI is InChI=1S/C15H16N4O2S3/c1-3-9(2)19-13(21)12-10(4-6-22-12)17-15(19)24-8-11(20)18-14-16-5-7-23-14/h4-7,9H,3,8H2,1-2H3,(H,16,18,20). The Kier molecular flexibility index (Phi) is 5.32. The summed E-state index contributed by atoms with van der Waals surface area (Å²) >= 11 is 4.04. The second-order valence-corrected chi connectivity index (χ2v) is 7.89. The van der Waals surface area contributed by atoms with Crippen molar-refractivity contribution in [1.82, 2.24) is 14.5 Å². The summed E-state index contributed by atoms with van der Waals surface area (Å²) < 4.78 is 2.35. The average Bonchev–Trinajstić information content (AvgIpc) is 3.23. The number of anilines is 1. The highest BCUT2D eigenvalue weighted by Crippen LogP contribution is 2.24. The lowest BCUT2D eigenvalue weighted by Gasteiger charge is -2.17. The fraction of sp³-hybridized carbons (Fsp3) is 0.333. The molecule has 0 fully saturated rings. The summed E-state index contributed by atoms with van der Waals surface area (Å²) in [7, 11) is 0. The van der Waals surface area contributed by atoms with Crippen LogP contribution in [0.25, 0.3) is 10.2 Å². The molecule has 3 heterocycles. The molecule has 6 nitrogen and oxygen atoms in total. The van der Waals surface area contributed by atoms with Gasteiger partial charge in [-0.3, -0.25) is 14.2 Å². The van der Waals surface area contributed by atoms with Gasteiger partial charge in [0, 0.05) is 17.6 Å². The van der Waals surface area contributed by atoms with Crippen LogP contribution in [0.1, 0.15) is 26.3 Å². The van der Waals surface area contributed by atoms with Gasteiger partial charge in [0.2, 0.25) is 5.91 Å². The number of nitrogens with zero attached hydrogens (tertiary/aromatic N) is 3. The lowest BCUT2D eigenvalue weighted by molar-refractivity contribution is -0.113. The van der Waals surface area contributed by atoms with Gasteiger partial charge in [-0.1, -0.05) is 18.7 Å². The zero-order valence-electron chi connectivity index (χ0n) is 13.2. The fourth-order valence-electron chi connectivity index (χ4n) is 2.15. The van der Waals surface area contributed by atoms with Crippen LogP contribution in [-0.2, 0) is 4.79 Å². The van der Waals surface area contributed by atoms with Gasteiger partial charge in [0.15, 0.2) is 10.3 Å². The predicted octanol–water partition coefficient (Wildman–Crippen LogP) is 3.62. The van der Waals surface area contributed by atoms with Crippen molar-refractivity contribution in [3.8, 4) is 0 Å². The number of fused-ring (bicyclic) bond motifs is 1. The zero-order chi connectivity index (χ0) is 17.1. The van der Waals surface area contributed by atoms with Gasteiger partial charge in [0.25, 0.3) is 5.56 Å². The van der Waals surface area contributed by atoms with Gasteiger partial charge < -0.3 is 5.32 Å². The highest BCUT2D eigenvalue weighted by atomic mass is 32.2. The molecule has 0 radical (unpaired) electrons. The largest absolute Gasteiger partial charge is 0.301 e. The number of aromatic nitrogens is 3. The molecule has 3 aromatic heterocycles. The number of carbonyl (C=O) groups excluding carboxylic acids is 1. The maximum Gasteiger partial charge on any atom is 0.272 e. The Labute approximate surface area is 151 Å². The third-order valence-corrected chi connectivity index (χ3v) is 6.06. The molecule has 1 atom stereocenters. The first kappa shape index (κ1) is 17.1. The van der Waals surface area contributed by atoms with Crippen molar-refractivity contribution in [3.05, 3.63) is 33.4 Å². The van der Waals surface area contributed by atoms with Gasteiger partial charge in [-0.25, -0.2) is 9.97 Å². The number of rotatable bonds is 6. The average molecular weight is 381 g/mol. The quantitative estimate of drug-likeness (QED) is 0.522. The Morgan fingerprint density at radius 2 is 2.25 bits per heavy atom. The van der Waals surface area contributed by atoms with Crippen molar-refractivity contribution in [1.29, 1.82) is 0 Å². The van der Waals surface area contributed by atoms with E-state index in [4.69, 9.17) is 0 Å². The molecule has 9 heteroatoms. The molecule has 0 aliphatic carbocycles. The molecule has 126 valence electrons. The summed E-state index contributed by atoms with van der Waals surface area (Å²) in [5.74, 6) is 0.0169. The van der Waals surface area contributed by atoms with E-state index in [1.807, 2.05) is 25.3 Å². The van der Waals surface area contributed by atoms with Gasteiger partial charge in [-0.2, -0.15) is 0 Å². The summed E-state index contributed by atoms with van der Waals surface area (Å²) in [6.07, 6.45) is 2.46. The Morgan fingerprint density at radius 1 is 1.42 bits per heavy atom. The van der Waals surface area contributed by atoms with Crippen LogP contribution in [0.3, 0.4) is 0 Å². The fourth-order valence-corrected chi connectivity index (χ4v) is 4.36. The van der Waals surface area contributed by atoms with Crippen LogP contribution in [-0.4, -0.2) is 26.2 Å². The lowest BCUT2D eigenvalue weighted by Crippen LogP contribution is -2.26. The Hall–Kier alpha value is -1.71. The lowest BCUT2D eigenvalue weighted by atomic mass is 10.2. The van der Waals surface area contributed by atoms with Gasteiger partial charge in [0.1, 0.15) is 4.70 Å². The normalized spacial score (nSPS) is 12.4. The Bertz CT molecular complexity index is 901. The van der Waals surface area contributed by atoms with Crippen LogP contribution in [0, 0.1) is 0 Å². The third kappa shape index (κ3) is 3.52. The molecule has 0 aliphatic rings. The van der Waals surface area contributed by atoms with Crippen molar-refractivity contribution in [3.63, 3.8) is 0 Å². The summed E-state index contributed by atoms with van der Waals surface area (Å²) in [5.41, 5.74) is 0.652. The van der Waals surface area contributed by atoms with Crippen LogP contribution in [0.4, 0.5) is 5.13 Å². The highest BCUT2D eigenvalue weighted by Gasteiger charge is 2.17. The van der Waals surface area contributed by atoms with Crippen LogP contribution in [0.5, 0.6) is 0 Å². The maximum atomic E-state index is 12.7. The molecule has 0 saturated carbocycles. The van der Waals surface area contributed by atoms with Crippen molar-refractivity contribution in [2.75, 3.05) is 11.1 Å².